The van der Waals surface area contributed by atoms with Gasteiger partial charge < -0.3 is 9.73 Å². The molecule has 4 aromatic rings. The van der Waals surface area contributed by atoms with Crippen LogP contribution in [0.4, 0.5) is 10.1 Å². The number of halogens is 1. The van der Waals surface area contributed by atoms with Crippen LogP contribution in [0.3, 0.4) is 0 Å². The maximum atomic E-state index is 13.3. The van der Waals surface area contributed by atoms with E-state index in [4.69, 9.17) is 4.42 Å². The molecule has 0 saturated carbocycles. The van der Waals surface area contributed by atoms with Gasteiger partial charge in [-0.05, 0) is 54.4 Å². The Kier molecular flexibility index (Phi) is 6.78. The number of hydrogen-bond donors (Lipinski definition) is 1. The lowest BCUT2D eigenvalue weighted by Gasteiger charge is -2.21. The average molecular weight is 429 g/mol. The molecule has 0 unspecified atom stereocenters. The zero-order chi connectivity index (χ0) is 22.3. The fourth-order valence-electron chi connectivity index (χ4n) is 3.49. The van der Waals surface area contributed by atoms with E-state index >= 15 is 0 Å². The molecule has 0 aliphatic carbocycles. The number of carbonyl (C=O) groups excluding carboxylic acids is 1. The summed E-state index contributed by atoms with van der Waals surface area (Å²) in [6, 6.07) is 27.8. The molecule has 1 aromatic heterocycles. The molecule has 0 aliphatic rings. The molecular weight excluding hydrogens is 403 g/mol. The summed E-state index contributed by atoms with van der Waals surface area (Å²) in [6.07, 6.45) is 0. The van der Waals surface area contributed by atoms with Crippen LogP contribution in [0.5, 0.6) is 0 Å². The van der Waals surface area contributed by atoms with Crippen LogP contribution >= 0.6 is 0 Å². The highest BCUT2D eigenvalue weighted by Crippen LogP contribution is 2.18. The summed E-state index contributed by atoms with van der Waals surface area (Å²) in [5.74, 6) is 0.422. The molecule has 0 aliphatic heterocycles. The second kappa shape index (κ2) is 10.1. The van der Waals surface area contributed by atoms with Gasteiger partial charge in [0.25, 0.3) is 5.91 Å². The van der Waals surface area contributed by atoms with E-state index in [1.54, 1.807) is 18.2 Å². The Labute approximate surface area is 187 Å². The number of nitrogens with zero attached hydrogens (tertiary/aromatic N) is 1. The van der Waals surface area contributed by atoms with Crippen molar-refractivity contribution in [2.45, 2.75) is 26.6 Å². The van der Waals surface area contributed by atoms with E-state index in [9.17, 15) is 9.18 Å². The molecule has 0 bridgehead atoms. The van der Waals surface area contributed by atoms with Crippen molar-refractivity contribution in [2.24, 2.45) is 0 Å². The third-order valence-electron chi connectivity index (χ3n) is 5.14. The fraction of sp³-hybridized carbons (Fsp3) is 0.148. The Balaban J connectivity index is 1.46. The summed E-state index contributed by atoms with van der Waals surface area (Å²) >= 11 is 0. The van der Waals surface area contributed by atoms with E-state index in [0.717, 1.165) is 16.8 Å². The van der Waals surface area contributed by atoms with E-state index in [0.29, 0.717) is 25.4 Å². The van der Waals surface area contributed by atoms with Crippen molar-refractivity contribution in [2.75, 3.05) is 5.32 Å². The number of nitrogens with one attached hydrogen (secondary N) is 1. The number of rotatable bonds is 8. The highest BCUT2D eigenvalue weighted by molar-refractivity contribution is 6.02. The van der Waals surface area contributed by atoms with Gasteiger partial charge in [-0.15, -0.1) is 0 Å². The number of anilines is 1. The molecule has 4 rings (SSSR count). The van der Waals surface area contributed by atoms with E-state index in [-0.39, 0.29) is 17.5 Å². The van der Waals surface area contributed by atoms with Crippen molar-refractivity contribution in [3.05, 3.63) is 125 Å². The SMILES string of the molecule is Cc1ccc(NC(=O)c2ccc(CN(Cc3ccccc3)Cc3ccc(F)cc3)o2)cc1. The first-order valence-electron chi connectivity index (χ1n) is 10.5. The van der Waals surface area contributed by atoms with Crippen LogP contribution in [0.1, 0.15) is 33.0 Å². The van der Waals surface area contributed by atoms with Crippen LogP contribution in [-0.4, -0.2) is 10.8 Å². The molecule has 0 atom stereocenters. The second-order valence-electron chi connectivity index (χ2n) is 7.84. The van der Waals surface area contributed by atoms with Crippen molar-refractivity contribution in [1.29, 1.82) is 0 Å². The van der Waals surface area contributed by atoms with Crippen LogP contribution in [0.25, 0.3) is 0 Å². The molecule has 5 heteroatoms. The second-order valence-corrected chi connectivity index (χ2v) is 7.84. The van der Waals surface area contributed by atoms with Crippen molar-refractivity contribution in [1.82, 2.24) is 4.90 Å². The standard InChI is InChI=1S/C27H25FN2O2/c1-20-7-13-24(14-8-20)29-27(31)26-16-15-25(32-26)19-30(17-21-5-3-2-4-6-21)18-22-9-11-23(28)12-10-22/h2-16H,17-19H2,1H3,(H,29,31). The molecule has 1 heterocycles. The molecule has 3 aromatic carbocycles. The van der Waals surface area contributed by atoms with Crippen molar-refractivity contribution < 1.29 is 13.6 Å². The highest BCUT2D eigenvalue weighted by atomic mass is 19.1. The van der Waals surface area contributed by atoms with Crippen LogP contribution < -0.4 is 5.32 Å². The largest absolute Gasteiger partial charge is 0.455 e. The first kappa shape index (κ1) is 21.5. The quantitative estimate of drug-likeness (QED) is 0.364. The molecule has 0 saturated heterocycles. The number of hydrogen-bond acceptors (Lipinski definition) is 3. The summed E-state index contributed by atoms with van der Waals surface area (Å²) < 4.78 is 19.2. The van der Waals surface area contributed by atoms with Crippen LogP contribution in [-0.2, 0) is 19.6 Å². The maximum Gasteiger partial charge on any atom is 0.291 e. The van der Waals surface area contributed by atoms with Gasteiger partial charge in [0, 0.05) is 18.8 Å². The molecule has 162 valence electrons. The number of furan rings is 1. The average Bonchev–Trinajstić information content (AvgIpc) is 3.26. The Morgan fingerprint density at radius 2 is 1.47 bits per heavy atom. The third-order valence-corrected chi connectivity index (χ3v) is 5.14. The summed E-state index contributed by atoms with van der Waals surface area (Å²) in [7, 11) is 0. The number of aryl methyl sites for hydroxylation is 1. The normalized spacial score (nSPS) is 11.0. The van der Waals surface area contributed by atoms with Crippen LogP contribution in [0.2, 0.25) is 0 Å². The lowest BCUT2D eigenvalue weighted by Crippen LogP contribution is -2.22. The minimum Gasteiger partial charge on any atom is -0.455 e. The minimum absolute atomic E-state index is 0.251. The molecule has 1 N–H and O–H groups in total. The first-order valence-corrected chi connectivity index (χ1v) is 10.5. The highest BCUT2D eigenvalue weighted by Gasteiger charge is 2.15. The van der Waals surface area contributed by atoms with Gasteiger partial charge in [0.2, 0.25) is 0 Å². The van der Waals surface area contributed by atoms with Crippen molar-refractivity contribution >= 4 is 11.6 Å². The zero-order valence-corrected chi connectivity index (χ0v) is 17.9. The van der Waals surface area contributed by atoms with Gasteiger partial charge in [0.05, 0.1) is 6.54 Å². The fourth-order valence-corrected chi connectivity index (χ4v) is 3.49. The number of carbonyl (C=O) groups is 1. The van der Waals surface area contributed by atoms with E-state index in [1.807, 2.05) is 55.5 Å². The van der Waals surface area contributed by atoms with Gasteiger partial charge >= 0.3 is 0 Å². The summed E-state index contributed by atoms with van der Waals surface area (Å²) in [5.41, 5.74) is 4.02. The lowest BCUT2D eigenvalue weighted by atomic mass is 10.1. The van der Waals surface area contributed by atoms with Gasteiger partial charge in [0.15, 0.2) is 5.76 Å². The smallest absolute Gasteiger partial charge is 0.291 e. The molecule has 1 amide bonds. The topological polar surface area (TPSA) is 45.5 Å². The lowest BCUT2D eigenvalue weighted by molar-refractivity contribution is 0.0992. The Bertz CT molecular complexity index is 1150. The Morgan fingerprint density at radius 1 is 0.812 bits per heavy atom. The molecule has 4 nitrogen and oxygen atoms in total. The zero-order valence-electron chi connectivity index (χ0n) is 17.9. The van der Waals surface area contributed by atoms with Crippen molar-refractivity contribution in [3.8, 4) is 0 Å². The van der Waals surface area contributed by atoms with Gasteiger partial charge in [-0.3, -0.25) is 9.69 Å². The molecule has 0 radical (unpaired) electrons. The number of benzene rings is 3. The molecular formula is C27H25FN2O2. The summed E-state index contributed by atoms with van der Waals surface area (Å²) in [5, 5.41) is 2.86. The monoisotopic (exact) mass is 428 g/mol. The molecule has 32 heavy (non-hydrogen) atoms. The predicted molar refractivity (Wildman–Crippen MR) is 124 cm³/mol. The Hall–Kier alpha value is -3.70. The van der Waals surface area contributed by atoms with Gasteiger partial charge in [0.1, 0.15) is 11.6 Å². The molecule has 0 fully saturated rings. The number of amides is 1. The van der Waals surface area contributed by atoms with Crippen LogP contribution in [0, 0.1) is 12.7 Å². The first-order chi connectivity index (χ1) is 15.5. The van der Waals surface area contributed by atoms with E-state index in [1.165, 1.54) is 17.7 Å². The summed E-state index contributed by atoms with van der Waals surface area (Å²) in [4.78, 5) is 14.8. The third kappa shape index (κ3) is 5.93. The molecule has 0 spiro atoms. The van der Waals surface area contributed by atoms with Gasteiger partial charge in [-0.1, -0.05) is 60.2 Å². The van der Waals surface area contributed by atoms with E-state index in [2.05, 4.69) is 22.3 Å². The van der Waals surface area contributed by atoms with Crippen LogP contribution in [0.15, 0.2) is 95.4 Å². The van der Waals surface area contributed by atoms with Crippen molar-refractivity contribution in [3.63, 3.8) is 0 Å². The summed E-state index contributed by atoms with van der Waals surface area (Å²) in [6.45, 7) is 3.84. The van der Waals surface area contributed by atoms with Gasteiger partial charge in [-0.25, -0.2) is 4.39 Å². The van der Waals surface area contributed by atoms with E-state index < -0.39 is 0 Å². The minimum atomic E-state index is -0.284. The maximum absolute atomic E-state index is 13.3. The predicted octanol–water partition coefficient (Wildman–Crippen LogP) is 6.18. The van der Waals surface area contributed by atoms with Gasteiger partial charge in [-0.2, -0.15) is 0 Å². The Morgan fingerprint density at radius 3 is 2.16 bits per heavy atom.